The quantitative estimate of drug-likeness (QED) is 0.690. The Bertz CT molecular complexity index is 273. The first-order valence-corrected chi connectivity index (χ1v) is 3.53. The van der Waals surface area contributed by atoms with Gasteiger partial charge in [-0.15, -0.1) is 0 Å². The van der Waals surface area contributed by atoms with Crippen molar-refractivity contribution in [3.05, 3.63) is 41.0 Å². The van der Waals surface area contributed by atoms with Gasteiger partial charge in [-0.3, -0.25) is 0 Å². The van der Waals surface area contributed by atoms with Crippen molar-refractivity contribution in [2.24, 2.45) is 5.73 Å². The van der Waals surface area contributed by atoms with E-state index in [0.717, 1.165) is 0 Å². The van der Waals surface area contributed by atoms with E-state index in [2.05, 4.69) is 6.92 Å². The van der Waals surface area contributed by atoms with Gasteiger partial charge in [-0.2, -0.15) is 0 Å². The van der Waals surface area contributed by atoms with Crippen LogP contribution in [0.15, 0.2) is 12.1 Å². The SMILES string of the molecule is [CH2]c1cc(CN)c(F)cc1Cl. The van der Waals surface area contributed by atoms with Crippen molar-refractivity contribution in [1.29, 1.82) is 0 Å². The Hall–Kier alpha value is -0.600. The largest absolute Gasteiger partial charge is 0.326 e. The van der Waals surface area contributed by atoms with Crippen LogP contribution in [0, 0.1) is 12.7 Å². The third-order valence-electron chi connectivity index (χ3n) is 1.44. The second-order valence-electron chi connectivity index (χ2n) is 2.24. The Labute approximate surface area is 70.0 Å². The molecular weight excluding hydrogens is 165 g/mol. The molecule has 11 heavy (non-hydrogen) atoms. The fraction of sp³-hybridized carbons (Fsp3) is 0.125. The molecule has 1 aromatic rings. The van der Waals surface area contributed by atoms with Crippen molar-refractivity contribution < 1.29 is 4.39 Å². The van der Waals surface area contributed by atoms with Crippen molar-refractivity contribution in [1.82, 2.24) is 0 Å². The number of hydrogen-bond donors (Lipinski definition) is 1. The molecule has 1 nitrogen and oxygen atoms in total. The first-order valence-electron chi connectivity index (χ1n) is 3.15. The summed E-state index contributed by atoms with van der Waals surface area (Å²) in [5.74, 6) is -0.370. The van der Waals surface area contributed by atoms with Crippen LogP contribution in [0.4, 0.5) is 4.39 Å². The molecular formula is C8H8ClFN. The van der Waals surface area contributed by atoms with Gasteiger partial charge in [-0.05, 0) is 18.6 Å². The van der Waals surface area contributed by atoms with Gasteiger partial charge in [-0.25, -0.2) is 4.39 Å². The molecule has 0 aliphatic carbocycles. The van der Waals surface area contributed by atoms with E-state index in [0.29, 0.717) is 16.1 Å². The van der Waals surface area contributed by atoms with Gasteiger partial charge in [0.25, 0.3) is 0 Å². The highest BCUT2D eigenvalue weighted by molar-refractivity contribution is 6.31. The lowest BCUT2D eigenvalue weighted by molar-refractivity contribution is 0.610. The molecule has 0 atom stereocenters. The summed E-state index contributed by atoms with van der Waals surface area (Å²) in [7, 11) is 0. The van der Waals surface area contributed by atoms with Gasteiger partial charge >= 0.3 is 0 Å². The molecule has 0 bridgehead atoms. The second kappa shape index (κ2) is 3.20. The number of halogens is 2. The zero-order valence-electron chi connectivity index (χ0n) is 5.90. The first kappa shape index (κ1) is 8.50. The summed E-state index contributed by atoms with van der Waals surface area (Å²) in [6.45, 7) is 3.79. The van der Waals surface area contributed by atoms with Gasteiger partial charge in [0.15, 0.2) is 0 Å². The molecule has 1 aromatic carbocycles. The third-order valence-corrected chi connectivity index (χ3v) is 1.79. The minimum Gasteiger partial charge on any atom is -0.326 e. The van der Waals surface area contributed by atoms with E-state index in [1.54, 1.807) is 6.07 Å². The Balaban J connectivity index is 3.21. The summed E-state index contributed by atoms with van der Waals surface area (Å²) >= 11 is 5.60. The van der Waals surface area contributed by atoms with Crippen LogP contribution in [0.3, 0.4) is 0 Å². The molecule has 0 aromatic heterocycles. The van der Waals surface area contributed by atoms with E-state index in [-0.39, 0.29) is 12.4 Å². The molecule has 0 amide bonds. The van der Waals surface area contributed by atoms with Gasteiger partial charge in [0.1, 0.15) is 5.82 Å². The zero-order chi connectivity index (χ0) is 8.43. The predicted octanol–water partition coefficient (Wildman–Crippen LogP) is 2.12. The van der Waals surface area contributed by atoms with Gasteiger partial charge in [-0.1, -0.05) is 17.7 Å². The van der Waals surface area contributed by atoms with Crippen molar-refractivity contribution in [2.45, 2.75) is 6.54 Å². The molecule has 0 aliphatic rings. The molecule has 0 heterocycles. The molecule has 3 heteroatoms. The van der Waals surface area contributed by atoms with Crippen molar-refractivity contribution in [2.75, 3.05) is 0 Å². The Morgan fingerprint density at radius 2 is 2.18 bits per heavy atom. The number of benzene rings is 1. The Morgan fingerprint density at radius 1 is 1.55 bits per heavy atom. The van der Waals surface area contributed by atoms with E-state index >= 15 is 0 Å². The third kappa shape index (κ3) is 1.70. The van der Waals surface area contributed by atoms with Crippen molar-refractivity contribution in [3.8, 4) is 0 Å². The van der Waals surface area contributed by atoms with Crippen LogP contribution in [0.25, 0.3) is 0 Å². The fourth-order valence-corrected chi connectivity index (χ4v) is 0.952. The summed E-state index contributed by atoms with van der Waals surface area (Å²) in [5.41, 5.74) is 6.31. The highest BCUT2D eigenvalue weighted by Crippen LogP contribution is 2.19. The average molecular weight is 173 g/mol. The minimum absolute atomic E-state index is 0.172. The van der Waals surface area contributed by atoms with Gasteiger partial charge < -0.3 is 5.73 Å². The highest BCUT2D eigenvalue weighted by Gasteiger charge is 2.03. The molecule has 0 unspecified atom stereocenters. The smallest absolute Gasteiger partial charge is 0.129 e. The van der Waals surface area contributed by atoms with Crippen LogP contribution < -0.4 is 5.73 Å². The van der Waals surface area contributed by atoms with Crippen molar-refractivity contribution in [3.63, 3.8) is 0 Å². The molecule has 0 spiro atoms. The van der Waals surface area contributed by atoms with E-state index in [1.165, 1.54) is 6.07 Å². The maximum atomic E-state index is 12.8. The lowest BCUT2D eigenvalue weighted by Gasteiger charge is -2.02. The van der Waals surface area contributed by atoms with Crippen LogP contribution in [0.2, 0.25) is 5.02 Å². The molecule has 1 rings (SSSR count). The number of rotatable bonds is 1. The van der Waals surface area contributed by atoms with Gasteiger partial charge in [0.2, 0.25) is 0 Å². The topological polar surface area (TPSA) is 26.0 Å². The van der Waals surface area contributed by atoms with E-state index in [4.69, 9.17) is 17.3 Å². The zero-order valence-corrected chi connectivity index (χ0v) is 6.66. The summed E-state index contributed by atoms with van der Waals surface area (Å²) in [4.78, 5) is 0. The standard InChI is InChI=1S/C8H8ClFN/c1-5-2-6(4-11)8(10)3-7(5)9/h2-3H,1,4,11H2. The van der Waals surface area contributed by atoms with Gasteiger partial charge in [0, 0.05) is 17.1 Å². The summed E-state index contributed by atoms with van der Waals surface area (Å²) in [5, 5.41) is 0.333. The van der Waals surface area contributed by atoms with E-state index in [9.17, 15) is 4.39 Å². The number of nitrogens with two attached hydrogens (primary N) is 1. The minimum atomic E-state index is -0.370. The van der Waals surface area contributed by atoms with Crippen molar-refractivity contribution >= 4 is 11.6 Å². The second-order valence-corrected chi connectivity index (χ2v) is 2.65. The molecule has 2 N–H and O–H groups in total. The fourth-order valence-electron chi connectivity index (χ4n) is 0.801. The van der Waals surface area contributed by atoms with Crippen LogP contribution in [0.1, 0.15) is 11.1 Å². The van der Waals surface area contributed by atoms with Gasteiger partial charge in [0.05, 0.1) is 0 Å². The normalized spacial score (nSPS) is 10.2. The lowest BCUT2D eigenvalue weighted by Crippen LogP contribution is -2.00. The molecule has 0 aliphatic heterocycles. The van der Waals surface area contributed by atoms with Crippen LogP contribution in [0.5, 0.6) is 0 Å². The summed E-state index contributed by atoms with van der Waals surface area (Å²) in [6, 6.07) is 2.78. The molecule has 59 valence electrons. The van der Waals surface area contributed by atoms with Crippen LogP contribution >= 0.6 is 11.6 Å². The molecule has 0 fully saturated rings. The Kier molecular flexibility index (Phi) is 2.47. The van der Waals surface area contributed by atoms with E-state index < -0.39 is 0 Å². The average Bonchev–Trinajstić information content (AvgIpc) is 1.97. The number of hydrogen-bond acceptors (Lipinski definition) is 1. The molecule has 1 radical (unpaired) electrons. The molecule has 0 saturated heterocycles. The summed E-state index contributed by atoms with van der Waals surface area (Å²) < 4.78 is 12.8. The van der Waals surface area contributed by atoms with E-state index in [1.807, 2.05) is 0 Å². The first-order chi connectivity index (χ1) is 5.15. The van der Waals surface area contributed by atoms with Crippen LogP contribution in [-0.4, -0.2) is 0 Å². The predicted molar refractivity (Wildman–Crippen MR) is 43.8 cm³/mol. The molecule has 0 saturated carbocycles. The Morgan fingerprint density at radius 3 is 2.73 bits per heavy atom. The highest BCUT2D eigenvalue weighted by atomic mass is 35.5. The maximum Gasteiger partial charge on any atom is 0.129 e. The maximum absolute atomic E-state index is 12.8. The lowest BCUT2D eigenvalue weighted by atomic mass is 10.1. The van der Waals surface area contributed by atoms with Crippen LogP contribution in [-0.2, 0) is 6.54 Å². The summed E-state index contributed by atoms with van der Waals surface area (Å²) in [6.07, 6.45) is 0. The monoisotopic (exact) mass is 172 g/mol.